The van der Waals surface area contributed by atoms with E-state index in [0.29, 0.717) is 37.1 Å². The number of esters is 1. The fourth-order valence-corrected chi connectivity index (χ4v) is 5.39. The van der Waals surface area contributed by atoms with Crippen molar-refractivity contribution < 1.29 is 14.3 Å². The Hall–Kier alpha value is -1.38. The summed E-state index contributed by atoms with van der Waals surface area (Å²) < 4.78 is 5.00. The van der Waals surface area contributed by atoms with Gasteiger partial charge in [-0.15, -0.1) is 0 Å². The summed E-state index contributed by atoms with van der Waals surface area (Å²) >= 11 is 0. The summed E-state index contributed by atoms with van der Waals surface area (Å²) in [5, 5.41) is 0. The number of hydrogen-bond acceptors (Lipinski definition) is 3. The third-order valence-corrected chi connectivity index (χ3v) is 6.54. The maximum atomic E-state index is 12.5. The molecule has 140 valence electrons. The minimum atomic E-state index is -0.242. The average Bonchev–Trinajstić information content (AvgIpc) is 2.43. The zero-order valence-corrected chi connectivity index (χ0v) is 16.8. The Morgan fingerprint density at radius 3 is 2.60 bits per heavy atom. The van der Waals surface area contributed by atoms with E-state index in [4.69, 9.17) is 4.74 Å². The summed E-state index contributed by atoms with van der Waals surface area (Å²) in [6.45, 7) is 13.0. The number of carbonyl (C=O) groups is 2. The molecule has 1 fully saturated rings. The van der Waals surface area contributed by atoms with Crippen LogP contribution in [0.1, 0.15) is 73.6 Å². The van der Waals surface area contributed by atoms with Crippen LogP contribution in [0.5, 0.6) is 0 Å². The zero-order chi connectivity index (χ0) is 18.8. The Morgan fingerprint density at radius 2 is 1.96 bits per heavy atom. The Balaban J connectivity index is 2.13. The lowest BCUT2D eigenvalue weighted by Gasteiger charge is -2.56. The van der Waals surface area contributed by atoms with Gasteiger partial charge in [-0.3, -0.25) is 9.59 Å². The molecule has 0 unspecified atom stereocenters. The quantitative estimate of drug-likeness (QED) is 0.504. The number of Topliss-reactive ketones (excluding diaryl/α,β-unsaturated/α-hetero) is 1. The predicted molar refractivity (Wildman–Crippen MR) is 101 cm³/mol. The van der Waals surface area contributed by atoms with E-state index in [9.17, 15) is 9.59 Å². The van der Waals surface area contributed by atoms with Gasteiger partial charge in [0.1, 0.15) is 12.4 Å². The summed E-state index contributed by atoms with van der Waals surface area (Å²) in [4.78, 5) is 23.3. The molecule has 2 rings (SSSR count). The molecule has 2 aliphatic rings. The molecule has 0 aromatic rings. The van der Waals surface area contributed by atoms with Gasteiger partial charge in [-0.1, -0.05) is 38.0 Å². The molecule has 0 saturated heterocycles. The summed E-state index contributed by atoms with van der Waals surface area (Å²) in [5.74, 6) is 1.20. The molecular formula is C22H34O3. The van der Waals surface area contributed by atoms with Crippen LogP contribution in [0.2, 0.25) is 0 Å². The highest BCUT2D eigenvalue weighted by molar-refractivity contribution is 5.81. The van der Waals surface area contributed by atoms with Crippen LogP contribution < -0.4 is 0 Å². The second-order valence-corrected chi connectivity index (χ2v) is 9.07. The van der Waals surface area contributed by atoms with Crippen molar-refractivity contribution in [2.75, 3.05) is 6.61 Å². The first kappa shape index (κ1) is 19.9. The predicted octanol–water partition coefficient (Wildman–Crippen LogP) is 5.25. The standard InChI is InChI=1S/C22H34O3/c1-15(11-12-25-17(3)23)7-9-19-16(2)8-10-20-21(4,5)13-18(24)14-22(19,20)6/h8,11,19-20H,7,9-10,12-14H2,1-6H3/b15-11+/t19-,20-,22+/m1/s1. The first-order chi connectivity index (χ1) is 11.6. The molecular weight excluding hydrogens is 312 g/mol. The molecule has 0 N–H and O–H groups in total. The van der Waals surface area contributed by atoms with Crippen LogP contribution in [0.15, 0.2) is 23.3 Å². The second-order valence-electron chi connectivity index (χ2n) is 9.07. The van der Waals surface area contributed by atoms with Gasteiger partial charge < -0.3 is 4.74 Å². The Bertz CT molecular complexity index is 596. The van der Waals surface area contributed by atoms with Crippen LogP contribution in [0.4, 0.5) is 0 Å². The van der Waals surface area contributed by atoms with Gasteiger partial charge >= 0.3 is 5.97 Å². The van der Waals surface area contributed by atoms with Gasteiger partial charge in [0.25, 0.3) is 0 Å². The number of ether oxygens (including phenoxy) is 1. The third kappa shape index (κ3) is 4.43. The topological polar surface area (TPSA) is 43.4 Å². The van der Waals surface area contributed by atoms with Crippen LogP contribution in [0.25, 0.3) is 0 Å². The van der Waals surface area contributed by atoms with Crippen molar-refractivity contribution in [1.29, 1.82) is 0 Å². The van der Waals surface area contributed by atoms with Gasteiger partial charge in [-0.25, -0.2) is 0 Å². The van der Waals surface area contributed by atoms with Crippen LogP contribution in [0.3, 0.4) is 0 Å². The van der Waals surface area contributed by atoms with Crippen molar-refractivity contribution in [3.8, 4) is 0 Å². The lowest BCUT2D eigenvalue weighted by atomic mass is 9.48. The molecule has 2 aliphatic carbocycles. The zero-order valence-electron chi connectivity index (χ0n) is 16.8. The summed E-state index contributed by atoms with van der Waals surface area (Å²) in [5.41, 5.74) is 2.84. The molecule has 0 heterocycles. The molecule has 0 aromatic carbocycles. The van der Waals surface area contributed by atoms with E-state index in [1.165, 1.54) is 18.1 Å². The van der Waals surface area contributed by atoms with Crippen LogP contribution in [0, 0.1) is 22.7 Å². The molecule has 1 saturated carbocycles. The van der Waals surface area contributed by atoms with E-state index >= 15 is 0 Å². The lowest BCUT2D eigenvalue weighted by molar-refractivity contribution is -0.139. The summed E-state index contributed by atoms with van der Waals surface area (Å²) in [6.07, 6.45) is 8.97. The van der Waals surface area contributed by atoms with Gasteiger partial charge in [0.15, 0.2) is 0 Å². The van der Waals surface area contributed by atoms with E-state index in [1.807, 2.05) is 6.08 Å². The molecule has 3 atom stereocenters. The monoisotopic (exact) mass is 346 g/mol. The van der Waals surface area contributed by atoms with Gasteiger partial charge in [-0.05, 0) is 61.9 Å². The van der Waals surface area contributed by atoms with Crippen molar-refractivity contribution in [2.24, 2.45) is 22.7 Å². The number of allylic oxidation sites excluding steroid dienone is 3. The van der Waals surface area contributed by atoms with Crippen molar-refractivity contribution in [1.82, 2.24) is 0 Å². The Kier molecular flexibility index (Phi) is 5.96. The summed E-state index contributed by atoms with van der Waals surface area (Å²) in [7, 11) is 0. The molecule has 0 amide bonds. The van der Waals surface area contributed by atoms with E-state index in [2.05, 4.69) is 40.7 Å². The average molecular weight is 347 g/mol. The van der Waals surface area contributed by atoms with E-state index in [1.54, 1.807) is 0 Å². The smallest absolute Gasteiger partial charge is 0.302 e. The Morgan fingerprint density at radius 1 is 1.28 bits per heavy atom. The van der Waals surface area contributed by atoms with Gasteiger partial charge in [0.05, 0.1) is 0 Å². The first-order valence-corrected chi connectivity index (χ1v) is 9.53. The van der Waals surface area contributed by atoms with Crippen molar-refractivity contribution in [3.05, 3.63) is 23.3 Å². The number of hydrogen-bond donors (Lipinski definition) is 0. The van der Waals surface area contributed by atoms with E-state index in [0.717, 1.165) is 19.3 Å². The lowest BCUT2D eigenvalue weighted by Crippen LogP contribution is -2.51. The fourth-order valence-electron chi connectivity index (χ4n) is 5.39. The van der Waals surface area contributed by atoms with Gasteiger partial charge in [0.2, 0.25) is 0 Å². The molecule has 3 heteroatoms. The maximum Gasteiger partial charge on any atom is 0.302 e. The normalized spacial score (nSPS) is 32.0. The van der Waals surface area contributed by atoms with E-state index < -0.39 is 0 Å². The largest absolute Gasteiger partial charge is 0.462 e. The number of carbonyl (C=O) groups excluding carboxylic acids is 2. The van der Waals surface area contributed by atoms with Crippen molar-refractivity contribution in [2.45, 2.75) is 73.6 Å². The molecule has 0 spiro atoms. The van der Waals surface area contributed by atoms with Gasteiger partial charge in [0, 0.05) is 19.8 Å². The minimum Gasteiger partial charge on any atom is -0.462 e. The second kappa shape index (κ2) is 7.47. The fraction of sp³-hybridized carbons (Fsp3) is 0.727. The minimum absolute atomic E-state index is 0.0633. The molecule has 0 radical (unpaired) electrons. The van der Waals surface area contributed by atoms with E-state index in [-0.39, 0.29) is 16.8 Å². The van der Waals surface area contributed by atoms with Crippen molar-refractivity contribution >= 4 is 11.8 Å². The maximum absolute atomic E-state index is 12.5. The molecule has 3 nitrogen and oxygen atoms in total. The molecule has 25 heavy (non-hydrogen) atoms. The highest BCUT2D eigenvalue weighted by Crippen LogP contribution is 2.59. The van der Waals surface area contributed by atoms with Crippen LogP contribution in [-0.2, 0) is 14.3 Å². The van der Waals surface area contributed by atoms with Crippen molar-refractivity contribution in [3.63, 3.8) is 0 Å². The molecule has 0 aliphatic heterocycles. The molecule has 0 aromatic heterocycles. The number of ketones is 1. The number of rotatable bonds is 5. The highest BCUT2D eigenvalue weighted by atomic mass is 16.5. The Labute approximate surface area is 152 Å². The SMILES string of the molecule is CC(=O)OC/C=C(\C)CC[C@@H]1C(C)=CC[C@@H]2C(C)(C)CC(=O)C[C@@]12C. The third-order valence-electron chi connectivity index (χ3n) is 6.54. The first-order valence-electron chi connectivity index (χ1n) is 9.53. The van der Waals surface area contributed by atoms with Gasteiger partial charge in [-0.2, -0.15) is 0 Å². The number of fused-ring (bicyclic) bond motifs is 1. The van der Waals surface area contributed by atoms with Crippen LogP contribution >= 0.6 is 0 Å². The highest BCUT2D eigenvalue weighted by Gasteiger charge is 2.53. The van der Waals surface area contributed by atoms with Crippen LogP contribution in [-0.4, -0.2) is 18.4 Å². The molecule has 0 bridgehead atoms. The summed E-state index contributed by atoms with van der Waals surface area (Å²) in [6, 6.07) is 0.